The van der Waals surface area contributed by atoms with E-state index in [-0.39, 0.29) is 29.7 Å². The lowest BCUT2D eigenvalue weighted by molar-refractivity contribution is -0.383. The van der Waals surface area contributed by atoms with Crippen molar-refractivity contribution in [1.29, 1.82) is 0 Å². The van der Waals surface area contributed by atoms with Crippen molar-refractivity contribution in [1.82, 2.24) is 15.3 Å². The maximum atomic E-state index is 11.3. The minimum Gasteiger partial charge on any atom is -0.364 e. The van der Waals surface area contributed by atoms with Crippen LogP contribution in [-0.2, 0) is 4.79 Å². The van der Waals surface area contributed by atoms with Gasteiger partial charge in [0.05, 0.1) is 4.92 Å². The standard InChI is InChI=1S/C12H20N6O3/c1-4-6-14-11-10(18(20)21)12(16-8-15-11)17(3)7-5-9(19)13-2/h8H,4-7H2,1-3H3,(H,13,19)(H,14,15,16). The van der Waals surface area contributed by atoms with Gasteiger partial charge in [-0.3, -0.25) is 14.9 Å². The summed E-state index contributed by atoms with van der Waals surface area (Å²) in [4.78, 5) is 31.5. The van der Waals surface area contributed by atoms with Crippen molar-refractivity contribution in [2.45, 2.75) is 19.8 Å². The summed E-state index contributed by atoms with van der Waals surface area (Å²) in [5, 5.41) is 16.7. The molecule has 0 aliphatic heterocycles. The van der Waals surface area contributed by atoms with Crippen LogP contribution in [0.25, 0.3) is 0 Å². The molecule has 116 valence electrons. The topological polar surface area (TPSA) is 113 Å². The van der Waals surface area contributed by atoms with Crippen LogP contribution in [-0.4, -0.2) is 48.0 Å². The molecule has 1 amide bonds. The predicted molar refractivity (Wildman–Crippen MR) is 79.4 cm³/mol. The van der Waals surface area contributed by atoms with Crippen molar-refractivity contribution in [2.24, 2.45) is 0 Å². The molecule has 0 spiro atoms. The van der Waals surface area contributed by atoms with Crippen molar-refractivity contribution in [3.63, 3.8) is 0 Å². The smallest absolute Gasteiger partial charge is 0.353 e. The van der Waals surface area contributed by atoms with Crippen molar-refractivity contribution < 1.29 is 9.72 Å². The number of amides is 1. The van der Waals surface area contributed by atoms with E-state index in [0.717, 1.165) is 6.42 Å². The fourth-order valence-corrected chi connectivity index (χ4v) is 1.69. The van der Waals surface area contributed by atoms with Gasteiger partial charge in [-0.1, -0.05) is 6.92 Å². The van der Waals surface area contributed by atoms with Crippen LogP contribution in [0.5, 0.6) is 0 Å². The van der Waals surface area contributed by atoms with Crippen LogP contribution in [0.4, 0.5) is 17.3 Å². The van der Waals surface area contributed by atoms with Crippen LogP contribution < -0.4 is 15.5 Å². The molecule has 21 heavy (non-hydrogen) atoms. The van der Waals surface area contributed by atoms with Crippen molar-refractivity contribution in [3.05, 3.63) is 16.4 Å². The van der Waals surface area contributed by atoms with Crippen LogP contribution in [0.15, 0.2) is 6.33 Å². The Morgan fingerprint density at radius 2 is 2.19 bits per heavy atom. The van der Waals surface area contributed by atoms with Crippen molar-refractivity contribution in [2.75, 3.05) is 37.4 Å². The van der Waals surface area contributed by atoms with Crippen LogP contribution >= 0.6 is 0 Å². The Kier molecular flexibility index (Phi) is 6.31. The Morgan fingerprint density at radius 1 is 1.48 bits per heavy atom. The molecule has 0 fully saturated rings. The summed E-state index contributed by atoms with van der Waals surface area (Å²) in [5.41, 5.74) is -0.176. The third-order valence-electron chi connectivity index (χ3n) is 2.84. The molecular formula is C12H20N6O3. The Bertz CT molecular complexity index is 508. The zero-order valence-electron chi connectivity index (χ0n) is 12.4. The molecule has 1 rings (SSSR count). The van der Waals surface area contributed by atoms with Gasteiger partial charge >= 0.3 is 5.69 Å². The second kappa shape index (κ2) is 7.98. The summed E-state index contributed by atoms with van der Waals surface area (Å²) in [6.07, 6.45) is 2.32. The zero-order chi connectivity index (χ0) is 15.8. The van der Waals surface area contributed by atoms with Crippen LogP contribution in [0.2, 0.25) is 0 Å². The molecule has 0 aliphatic carbocycles. The molecule has 0 radical (unpaired) electrons. The molecule has 0 aromatic carbocycles. The first kappa shape index (κ1) is 16.6. The maximum absolute atomic E-state index is 11.3. The summed E-state index contributed by atoms with van der Waals surface area (Å²) in [6, 6.07) is 0. The van der Waals surface area contributed by atoms with E-state index in [9.17, 15) is 14.9 Å². The number of carbonyl (C=O) groups excluding carboxylic acids is 1. The first-order valence-corrected chi connectivity index (χ1v) is 6.66. The first-order chi connectivity index (χ1) is 10.0. The predicted octanol–water partition coefficient (Wildman–Crippen LogP) is 0.779. The average molecular weight is 296 g/mol. The molecule has 0 aliphatic rings. The number of aromatic nitrogens is 2. The summed E-state index contributed by atoms with van der Waals surface area (Å²) >= 11 is 0. The molecular weight excluding hydrogens is 276 g/mol. The number of rotatable bonds is 8. The zero-order valence-corrected chi connectivity index (χ0v) is 12.4. The van der Waals surface area contributed by atoms with Gasteiger partial charge in [-0.2, -0.15) is 0 Å². The molecule has 9 nitrogen and oxygen atoms in total. The Morgan fingerprint density at radius 3 is 2.76 bits per heavy atom. The molecule has 0 saturated heterocycles. The fourth-order valence-electron chi connectivity index (χ4n) is 1.69. The highest BCUT2D eigenvalue weighted by Gasteiger charge is 2.25. The Balaban J connectivity index is 2.99. The molecule has 0 saturated carbocycles. The SMILES string of the molecule is CCCNc1ncnc(N(C)CCC(=O)NC)c1[N+](=O)[O-]. The van der Waals surface area contributed by atoms with E-state index in [1.165, 1.54) is 6.33 Å². The highest BCUT2D eigenvalue weighted by Crippen LogP contribution is 2.30. The van der Waals surface area contributed by atoms with Crippen LogP contribution in [0.1, 0.15) is 19.8 Å². The number of hydrogen-bond acceptors (Lipinski definition) is 7. The highest BCUT2D eigenvalue weighted by atomic mass is 16.6. The molecule has 1 aromatic heterocycles. The number of nitrogens with one attached hydrogen (secondary N) is 2. The molecule has 1 aromatic rings. The van der Waals surface area contributed by atoms with Gasteiger partial charge in [0.25, 0.3) is 0 Å². The average Bonchev–Trinajstić information content (AvgIpc) is 2.49. The second-order valence-electron chi connectivity index (χ2n) is 4.42. The molecule has 2 N–H and O–H groups in total. The third-order valence-corrected chi connectivity index (χ3v) is 2.84. The van der Waals surface area contributed by atoms with E-state index >= 15 is 0 Å². The third kappa shape index (κ3) is 4.55. The lowest BCUT2D eigenvalue weighted by atomic mass is 10.3. The molecule has 0 bridgehead atoms. The molecule has 0 atom stereocenters. The van der Waals surface area contributed by atoms with Gasteiger partial charge in [0.2, 0.25) is 17.5 Å². The van der Waals surface area contributed by atoms with Gasteiger partial charge in [-0.05, 0) is 6.42 Å². The van der Waals surface area contributed by atoms with E-state index < -0.39 is 4.92 Å². The number of nitrogens with zero attached hydrogens (tertiary/aromatic N) is 4. The lowest BCUT2D eigenvalue weighted by Crippen LogP contribution is -2.27. The molecule has 1 heterocycles. The van der Waals surface area contributed by atoms with Crippen LogP contribution in [0.3, 0.4) is 0 Å². The van der Waals surface area contributed by atoms with Crippen molar-refractivity contribution >= 4 is 23.2 Å². The summed E-state index contributed by atoms with van der Waals surface area (Å²) in [6.45, 7) is 2.86. The minimum absolute atomic E-state index is 0.136. The van der Waals surface area contributed by atoms with Crippen molar-refractivity contribution in [3.8, 4) is 0 Å². The summed E-state index contributed by atoms with van der Waals surface area (Å²) < 4.78 is 0. The molecule has 0 unspecified atom stereocenters. The van der Waals surface area contributed by atoms with E-state index in [4.69, 9.17) is 0 Å². The van der Waals surface area contributed by atoms with E-state index in [1.54, 1.807) is 19.0 Å². The second-order valence-corrected chi connectivity index (χ2v) is 4.42. The van der Waals surface area contributed by atoms with E-state index in [0.29, 0.717) is 13.1 Å². The normalized spacial score (nSPS) is 10.0. The van der Waals surface area contributed by atoms with Gasteiger partial charge in [-0.25, -0.2) is 9.97 Å². The summed E-state index contributed by atoms with van der Waals surface area (Å²) in [7, 11) is 3.20. The highest BCUT2D eigenvalue weighted by molar-refractivity contribution is 5.76. The lowest BCUT2D eigenvalue weighted by Gasteiger charge is -2.18. The van der Waals surface area contributed by atoms with Gasteiger partial charge in [0.15, 0.2) is 0 Å². The van der Waals surface area contributed by atoms with E-state index in [2.05, 4.69) is 20.6 Å². The van der Waals surface area contributed by atoms with Gasteiger partial charge < -0.3 is 15.5 Å². The Hall–Kier alpha value is -2.45. The van der Waals surface area contributed by atoms with Gasteiger partial charge in [0.1, 0.15) is 6.33 Å². The largest absolute Gasteiger partial charge is 0.364 e. The maximum Gasteiger partial charge on any atom is 0.353 e. The fraction of sp³-hybridized carbons (Fsp3) is 0.583. The monoisotopic (exact) mass is 296 g/mol. The number of nitro groups is 1. The minimum atomic E-state index is -0.510. The number of hydrogen-bond donors (Lipinski definition) is 2. The Labute approximate surface area is 122 Å². The van der Waals surface area contributed by atoms with Gasteiger partial charge in [0, 0.05) is 33.6 Å². The molecule has 9 heteroatoms. The first-order valence-electron chi connectivity index (χ1n) is 6.66. The quantitative estimate of drug-likeness (QED) is 0.538. The number of anilines is 2. The summed E-state index contributed by atoms with van der Waals surface area (Å²) in [5.74, 6) is 0.249. The number of carbonyl (C=O) groups is 1. The van der Waals surface area contributed by atoms with E-state index in [1.807, 2.05) is 6.92 Å². The van der Waals surface area contributed by atoms with Gasteiger partial charge in [-0.15, -0.1) is 0 Å². The van der Waals surface area contributed by atoms with Crippen LogP contribution in [0, 0.1) is 10.1 Å².